The topological polar surface area (TPSA) is 101 Å². The summed E-state index contributed by atoms with van der Waals surface area (Å²) in [7, 11) is 1.79. The minimum absolute atomic E-state index is 0.108. The molecule has 1 atom stereocenters. The minimum Gasteiger partial charge on any atom is -0.492 e. The van der Waals surface area contributed by atoms with Crippen LogP contribution in [0.15, 0.2) is 42.7 Å². The van der Waals surface area contributed by atoms with E-state index in [-0.39, 0.29) is 30.1 Å². The second kappa shape index (κ2) is 11.2. The van der Waals surface area contributed by atoms with Crippen LogP contribution in [0.3, 0.4) is 0 Å². The highest BCUT2D eigenvalue weighted by Gasteiger charge is 2.30. The number of aryl methyl sites for hydroxylation is 1. The number of aromatic nitrogens is 2. The van der Waals surface area contributed by atoms with Crippen LogP contribution in [0.5, 0.6) is 5.75 Å². The van der Waals surface area contributed by atoms with Crippen LogP contribution in [0.25, 0.3) is 0 Å². The molecule has 1 saturated heterocycles. The number of hydrogen-bond donors (Lipinski definition) is 1. The van der Waals surface area contributed by atoms with Crippen molar-refractivity contribution in [1.82, 2.24) is 20.4 Å². The number of benzene rings is 1. The van der Waals surface area contributed by atoms with Gasteiger partial charge in [0.05, 0.1) is 18.7 Å². The van der Waals surface area contributed by atoms with E-state index in [0.717, 1.165) is 30.4 Å². The number of amides is 3. The summed E-state index contributed by atoms with van der Waals surface area (Å²) in [6, 6.07) is 9.44. The number of ether oxygens (including phenoxy) is 1. The van der Waals surface area contributed by atoms with Crippen molar-refractivity contribution in [3.63, 3.8) is 0 Å². The van der Waals surface area contributed by atoms with Gasteiger partial charge >= 0.3 is 0 Å². The third-order valence-electron chi connectivity index (χ3n) is 5.34. The Bertz CT molecular complexity index is 886. The lowest BCUT2D eigenvalue weighted by atomic mass is 9.98. The van der Waals surface area contributed by atoms with Gasteiger partial charge in [-0.25, -0.2) is 0 Å². The normalized spacial score (nSPS) is 15.6. The second-order valence-corrected chi connectivity index (χ2v) is 7.78. The molecule has 1 fully saturated rings. The van der Waals surface area contributed by atoms with Crippen molar-refractivity contribution in [2.45, 2.75) is 38.5 Å². The number of carbonyl (C=O) groups excluding carboxylic acids is 3. The first-order valence-electron chi connectivity index (χ1n) is 10.6. The maximum atomic E-state index is 12.2. The highest BCUT2D eigenvalue weighted by atomic mass is 16.5. The number of hydrogen-bond acceptors (Lipinski definition) is 6. The molecule has 0 saturated carbocycles. The summed E-state index contributed by atoms with van der Waals surface area (Å²) in [6.45, 7) is 0.920. The lowest BCUT2D eigenvalue weighted by Crippen LogP contribution is -2.30. The molecule has 8 heteroatoms. The maximum absolute atomic E-state index is 12.2. The van der Waals surface area contributed by atoms with Gasteiger partial charge in [-0.3, -0.25) is 19.7 Å². The molecule has 8 nitrogen and oxygen atoms in total. The van der Waals surface area contributed by atoms with Crippen LogP contribution in [-0.2, 0) is 27.2 Å². The Kier molecular flexibility index (Phi) is 8.09. The van der Waals surface area contributed by atoms with E-state index in [2.05, 4.69) is 15.5 Å². The molecule has 31 heavy (non-hydrogen) atoms. The maximum Gasteiger partial charge on any atom is 0.230 e. The Morgan fingerprint density at radius 1 is 1.13 bits per heavy atom. The van der Waals surface area contributed by atoms with Gasteiger partial charge in [-0.05, 0) is 55.0 Å². The van der Waals surface area contributed by atoms with Gasteiger partial charge in [0.15, 0.2) is 0 Å². The van der Waals surface area contributed by atoms with Crippen molar-refractivity contribution in [1.29, 1.82) is 0 Å². The van der Waals surface area contributed by atoms with E-state index in [1.54, 1.807) is 24.3 Å². The molecule has 1 aliphatic rings. The zero-order valence-electron chi connectivity index (χ0n) is 17.8. The van der Waals surface area contributed by atoms with Gasteiger partial charge < -0.3 is 9.64 Å². The third kappa shape index (κ3) is 7.16. The fraction of sp³-hybridized carbons (Fsp3) is 0.435. The molecule has 164 valence electrons. The zero-order valence-corrected chi connectivity index (χ0v) is 17.8. The van der Waals surface area contributed by atoms with E-state index in [1.165, 1.54) is 0 Å². The molecule has 1 aromatic heterocycles. The molecule has 0 radical (unpaired) electrons. The van der Waals surface area contributed by atoms with Crippen molar-refractivity contribution in [2.24, 2.45) is 5.92 Å². The predicted molar refractivity (Wildman–Crippen MR) is 114 cm³/mol. The number of nitrogens with zero attached hydrogens (tertiary/aromatic N) is 3. The molecule has 1 N–H and O–H groups in total. The lowest BCUT2D eigenvalue weighted by Gasteiger charge is -2.17. The standard InChI is InChI=1S/C23H28N4O4/c1-27(22(29)5-3-2-4-18-10-11-24-25-16-18)12-13-31-20-8-6-17(7-9-20)14-19-15-21(28)26-23(19)30/h6-11,16,19H,2-5,12-15H2,1H3,(H,26,28,30). The van der Waals surface area contributed by atoms with Crippen LogP contribution >= 0.6 is 0 Å². The Morgan fingerprint density at radius 2 is 1.94 bits per heavy atom. The van der Waals surface area contributed by atoms with Crippen LogP contribution in [0.1, 0.15) is 36.8 Å². The zero-order chi connectivity index (χ0) is 22.1. The predicted octanol–water partition coefficient (Wildman–Crippen LogP) is 1.93. The first kappa shape index (κ1) is 22.4. The Morgan fingerprint density at radius 3 is 2.61 bits per heavy atom. The van der Waals surface area contributed by atoms with Crippen molar-refractivity contribution in [3.8, 4) is 5.75 Å². The van der Waals surface area contributed by atoms with Crippen molar-refractivity contribution >= 4 is 17.7 Å². The first-order valence-corrected chi connectivity index (χ1v) is 10.6. The van der Waals surface area contributed by atoms with E-state index in [0.29, 0.717) is 31.7 Å². The molecule has 1 aromatic carbocycles. The van der Waals surface area contributed by atoms with Gasteiger partial charge in [0, 0.05) is 26.1 Å². The second-order valence-electron chi connectivity index (χ2n) is 7.78. The fourth-order valence-electron chi connectivity index (χ4n) is 3.47. The molecule has 0 aliphatic carbocycles. The van der Waals surface area contributed by atoms with Crippen molar-refractivity contribution in [3.05, 3.63) is 53.9 Å². The summed E-state index contributed by atoms with van der Waals surface area (Å²) < 4.78 is 5.73. The molecule has 1 aliphatic heterocycles. The van der Waals surface area contributed by atoms with Crippen LogP contribution in [-0.4, -0.2) is 53.0 Å². The molecular formula is C23H28N4O4. The fourth-order valence-corrected chi connectivity index (χ4v) is 3.47. The minimum atomic E-state index is -0.291. The van der Waals surface area contributed by atoms with Crippen LogP contribution in [0, 0.1) is 5.92 Å². The number of carbonyl (C=O) groups is 3. The van der Waals surface area contributed by atoms with Crippen molar-refractivity contribution in [2.75, 3.05) is 20.2 Å². The first-order chi connectivity index (χ1) is 15.0. The average molecular weight is 425 g/mol. The average Bonchev–Trinajstić information content (AvgIpc) is 3.09. The monoisotopic (exact) mass is 424 g/mol. The van der Waals surface area contributed by atoms with E-state index < -0.39 is 0 Å². The molecule has 3 amide bonds. The molecular weight excluding hydrogens is 396 g/mol. The number of likely N-dealkylation sites (N-methyl/N-ethyl adjacent to an activating group) is 1. The molecule has 2 heterocycles. The highest BCUT2D eigenvalue weighted by molar-refractivity contribution is 6.03. The Hall–Kier alpha value is -3.29. The van der Waals surface area contributed by atoms with Crippen LogP contribution in [0.4, 0.5) is 0 Å². The van der Waals surface area contributed by atoms with Crippen LogP contribution < -0.4 is 10.1 Å². The van der Waals surface area contributed by atoms with E-state index in [4.69, 9.17) is 4.74 Å². The number of rotatable bonds is 11. The summed E-state index contributed by atoms with van der Waals surface area (Å²) in [5, 5.41) is 9.94. The molecule has 1 unspecified atom stereocenters. The molecule has 2 aromatic rings. The van der Waals surface area contributed by atoms with Gasteiger partial charge in [0.25, 0.3) is 0 Å². The quantitative estimate of drug-likeness (QED) is 0.437. The van der Waals surface area contributed by atoms with Crippen molar-refractivity contribution < 1.29 is 19.1 Å². The Labute approximate surface area is 182 Å². The molecule has 3 rings (SSSR count). The summed E-state index contributed by atoms with van der Waals surface area (Å²) >= 11 is 0. The summed E-state index contributed by atoms with van der Waals surface area (Å²) in [6.07, 6.45) is 7.39. The van der Waals surface area contributed by atoms with Gasteiger partial charge in [0.1, 0.15) is 12.4 Å². The summed E-state index contributed by atoms with van der Waals surface area (Å²) in [5.41, 5.74) is 2.12. The van der Waals surface area contributed by atoms with E-state index >= 15 is 0 Å². The summed E-state index contributed by atoms with van der Waals surface area (Å²) in [4.78, 5) is 36.9. The van der Waals surface area contributed by atoms with Gasteiger partial charge in [0.2, 0.25) is 17.7 Å². The summed E-state index contributed by atoms with van der Waals surface area (Å²) in [5.74, 6) is 0.117. The lowest BCUT2D eigenvalue weighted by molar-refractivity contribution is -0.130. The van der Waals surface area contributed by atoms with Gasteiger partial charge in [-0.2, -0.15) is 10.2 Å². The van der Waals surface area contributed by atoms with E-state index in [9.17, 15) is 14.4 Å². The smallest absolute Gasteiger partial charge is 0.230 e. The van der Waals surface area contributed by atoms with Gasteiger partial charge in [-0.15, -0.1) is 0 Å². The van der Waals surface area contributed by atoms with Crippen LogP contribution in [0.2, 0.25) is 0 Å². The third-order valence-corrected chi connectivity index (χ3v) is 5.34. The molecule has 0 spiro atoms. The van der Waals surface area contributed by atoms with Gasteiger partial charge in [-0.1, -0.05) is 12.1 Å². The highest BCUT2D eigenvalue weighted by Crippen LogP contribution is 2.19. The Balaban J connectivity index is 1.31. The van der Waals surface area contributed by atoms with E-state index in [1.807, 2.05) is 30.3 Å². The number of nitrogens with one attached hydrogen (secondary N) is 1. The number of unbranched alkanes of at least 4 members (excludes halogenated alkanes) is 1. The largest absolute Gasteiger partial charge is 0.492 e. The molecule has 0 bridgehead atoms. The number of imide groups is 1. The SMILES string of the molecule is CN(CCOc1ccc(CC2CC(=O)NC2=O)cc1)C(=O)CCCCc1ccnnc1.